The number of hydrogen-bond donors (Lipinski definition) is 2. The fraction of sp³-hybridized carbons (Fsp3) is 0.233. The minimum absolute atomic E-state index is 0.0184. The lowest BCUT2D eigenvalue weighted by Gasteiger charge is -2.33. The Labute approximate surface area is 237 Å². The Hall–Kier alpha value is -3.33. The van der Waals surface area contributed by atoms with Crippen molar-refractivity contribution in [1.29, 1.82) is 0 Å². The minimum Gasteiger partial charge on any atom is -0.403 e. The Balaban J connectivity index is 1.91. The van der Waals surface area contributed by atoms with Gasteiger partial charge in [0.2, 0.25) is 0 Å². The molecule has 5 nitrogen and oxygen atoms in total. The van der Waals surface area contributed by atoms with Crippen LogP contribution in [0.15, 0.2) is 89.7 Å². The predicted molar refractivity (Wildman–Crippen MR) is 159 cm³/mol. The molecule has 0 radical (unpaired) electrons. The molecule has 0 bridgehead atoms. The number of nitrogens with zero attached hydrogens (tertiary/aromatic N) is 3. The molecule has 0 spiro atoms. The topological polar surface area (TPSA) is 73.1 Å². The number of aryl methyl sites for hydroxylation is 1. The van der Waals surface area contributed by atoms with Gasteiger partial charge in [0.15, 0.2) is 5.67 Å². The van der Waals surface area contributed by atoms with E-state index >= 15 is 4.39 Å². The summed E-state index contributed by atoms with van der Waals surface area (Å²) in [4.78, 5) is 5.53. The first-order chi connectivity index (χ1) is 18.4. The number of rotatable bonds is 8. The van der Waals surface area contributed by atoms with Gasteiger partial charge in [-0.1, -0.05) is 41.9 Å². The third-order valence-electron chi connectivity index (χ3n) is 6.67. The van der Waals surface area contributed by atoms with Crippen molar-refractivity contribution in [3.63, 3.8) is 0 Å². The maximum atomic E-state index is 16.5. The smallest absolute Gasteiger partial charge is 0.175 e. The van der Waals surface area contributed by atoms with Crippen LogP contribution in [0.1, 0.15) is 37.9 Å². The van der Waals surface area contributed by atoms with Crippen LogP contribution in [0.4, 0.5) is 14.5 Å². The highest BCUT2D eigenvalue weighted by Crippen LogP contribution is 2.40. The average molecular weight is 568 g/mol. The largest absolute Gasteiger partial charge is 0.403 e. The maximum absolute atomic E-state index is 16.5. The molecule has 1 atom stereocenters. The van der Waals surface area contributed by atoms with Crippen molar-refractivity contribution in [1.82, 2.24) is 9.55 Å². The number of allylic oxidation sites excluding steroid dienone is 1. The fourth-order valence-corrected chi connectivity index (χ4v) is 4.99. The van der Waals surface area contributed by atoms with Gasteiger partial charge in [-0.15, -0.1) is 11.8 Å². The number of nitrogens with two attached hydrogens (primary N) is 2. The van der Waals surface area contributed by atoms with Crippen molar-refractivity contribution in [2.24, 2.45) is 11.6 Å². The first-order valence-corrected chi connectivity index (χ1v) is 13.9. The molecule has 0 aliphatic heterocycles. The number of thioether (sulfide) groups is 1. The van der Waals surface area contributed by atoms with E-state index in [2.05, 4.69) is 11.1 Å². The van der Waals surface area contributed by atoms with Crippen LogP contribution in [0.3, 0.4) is 0 Å². The molecule has 0 aliphatic rings. The Kier molecular flexibility index (Phi) is 8.12. The van der Waals surface area contributed by atoms with Gasteiger partial charge in [-0.05, 0) is 87.0 Å². The molecule has 3 aromatic carbocycles. The van der Waals surface area contributed by atoms with Gasteiger partial charge in [-0.2, -0.15) is 0 Å². The summed E-state index contributed by atoms with van der Waals surface area (Å²) >= 11 is 7.67. The molecule has 0 aliphatic carbocycles. The van der Waals surface area contributed by atoms with Crippen LogP contribution in [-0.2, 0) is 11.3 Å². The number of alkyl halides is 2. The molecule has 0 fully saturated rings. The molecule has 0 saturated carbocycles. The zero-order chi connectivity index (χ0) is 28.5. The third kappa shape index (κ3) is 5.83. The van der Waals surface area contributed by atoms with Crippen LogP contribution in [-0.4, -0.2) is 15.8 Å². The average Bonchev–Trinajstić information content (AvgIpc) is 3.30. The lowest BCUT2D eigenvalue weighted by Crippen LogP contribution is -2.40. The monoisotopic (exact) mass is 567 g/mol. The summed E-state index contributed by atoms with van der Waals surface area (Å²) < 4.78 is 33.0. The summed E-state index contributed by atoms with van der Waals surface area (Å²) in [6.07, 6.45) is 4.81. The minimum atomic E-state index is -2.06. The third-order valence-corrected chi connectivity index (χ3v) is 7.65. The van der Waals surface area contributed by atoms with Gasteiger partial charge in [-0.3, -0.25) is 5.01 Å². The molecule has 4 N–H and O–H groups in total. The van der Waals surface area contributed by atoms with Crippen molar-refractivity contribution >= 4 is 29.1 Å². The SMILES string of the molecule is CSc1cccc(-c2ccc(-n3cc(C(C)(C)F)nc3C)c(N(N)/C(=C\N)C(C)(F)c3ccc(Cl)cc3)c2)c1. The number of imidazole rings is 1. The van der Waals surface area contributed by atoms with E-state index in [1.807, 2.05) is 42.7 Å². The normalized spacial score (nSPS) is 13.8. The van der Waals surface area contributed by atoms with Gasteiger partial charge in [0, 0.05) is 22.3 Å². The molecule has 9 heteroatoms. The van der Waals surface area contributed by atoms with E-state index in [1.165, 1.54) is 25.8 Å². The number of hydrazine groups is 1. The number of anilines is 1. The van der Waals surface area contributed by atoms with Crippen molar-refractivity contribution in [2.45, 2.75) is 43.9 Å². The number of benzene rings is 3. The summed E-state index contributed by atoms with van der Waals surface area (Å²) in [5.41, 5.74) is 5.82. The second-order valence-electron chi connectivity index (χ2n) is 9.88. The van der Waals surface area contributed by atoms with E-state index in [-0.39, 0.29) is 11.4 Å². The van der Waals surface area contributed by atoms with Crippen molar-refractivity contribution in [3.05, 3.63) is 107 Å². The summed E-state index contributed by atoms with van der Waals surface area (Å²) in [5.74, 6) is 7.25. The Morgan fingerprint density at radius 2 is 1.69 bits per heavy atom. The summed E-state index contributed by atoms with van der Waals surface area (Å²) in [6.45, 7) is 6.08. The zero-order valence-corrected chi connectivity index (χ0v) is 24.1. The maximum Gasteiger partial charge on any atom is 0.175 e. The molecule has 0 amide bonds. The fourth-order valence-electron chi connectivity index (χ4n) is 4.41. The first-order valence-electron chi connectivity index (χ1n) is 12.3. The lowest BCUT2D eigenvalue weighted by atomic mass is 9.93. The molecule has 1 aromatic heterocycles. The van der Waals surface area contributed by atoms with Crippen LogP contribution in [0.25, 0.3) is 16.8 Å². The highest BCUT2D eigenvalue weighted by molar-refractivity contribution is 7.98. The second-order valence-corrected chi connectivity index (χ2v) is 11.2. The number of aromatic nitrogens is 2. The zero-order valence-electron chi connectivity index (χ0n) is 22.5. The Bertz CT molecular complexity index is 1510. The van der Waals surface area contributed by atoms with E-state index < -0.39 is 11.3 Å². The van der Waals surface area contributed by atoms with Crippen LogP contribution in [0.5, 0.6) is 0 Å². The van der Waals surface area contributed by atoms with Gasteiger partial charge < -0.3 is 10.3 Å². The first kappa shape index (κ1) is 28.7. The van der Waals surface area contributed by atoms with E-state index in [1.54, 1.807) is 53.7 Å². The Morgan fingerprint density at radius 3 is 2.28 bits per heavy atom. The Morgan fingerprint density at radius 1 is 1.03 bits per heavy atom. The van der Waals surface area contributed by atoms with Crippen molar-refractivity contribution in [3.8, 4) is 16.8 Å². The lowest BCUT2D eigenvalue weighted by molar-refractivity contribution is 0.215. The van der Waals surface area contributed by atoms with Crippen LogP contribution in [0, 0.1) is 6.92 Å². The molecule has 4 rings (SSSR count). The van der Waals surface area contributed by atoms with Gasteiger partial charge >= 0.3 is 0 Å². The van der Waals surface area contributed by atoms with E-state index in [0.29, 0.717) is 27.8 Å². The van der Waals surface area contributed by atoms with Gasteiger partial charge in [0.05, 0.1) is 22.8 Å². The summed E-state index contributed by atoms with van der Waals surface area (Å²) in [6, 6.07) is 20.2. The quantitative estimate of drug-likeness (QED) is 0.129. The molecular weight excluding hydrogens is 536 g/mol. The molecular formula is C30H32ClF2N5S. The molecule has 4 aromatic rings. The van der Waals surface area contributed by atoms with Crippen molar-refractivity contribution in [2.75, 3.05) is 11.3 Å². The van der Waals surface area contributed by atoms with Gasteiger partial charge in [0.1, 0.15) is 11.5 Å². The molecule has 204 valence electrons. The summed E-state index contributed by atoms with van der Waals surface area (Å²) in [7, 11) is 0. The second kappa shape index (κ2) is 11.0. The van der Waals surface area contributed by atoms with Crippen molar-refractivity contribution < 1.29 is 8.78 Å². The highest BCUT2D eigenvalue weighted by Gasteiger charge is 2.35. The van der Waals surface area contributed by atoms with Crippen LogP contribution in [0.2, 0.25) is 5.02 Å². The van der Waals surface area contributed by atoms with E-state index in [0.717, 1.165) is 22.2 Å². The molecule has 39 heavy (non-hydrogen) atoms. The number of halogens is 3. The van der Waals surface area contributed by atoms with Crippen LogP contribution < -0.4 is 16.6 Å². The molecule has 1 heterocycles. The standard InChI is InChI=1S/C30H32ClF2N5S/c1-19-36-27(29(2,3)32)18-37(19)25-14-9-21(20-7-6-8-24(15-20)39-5)16-26(25)38(35)28(17-34)30(4,33)22-10-12-23(31)13-11-22/h6-18H,34-35H2,1-5H3/b28-17-. The highest BCUT2D eigenvalue weighted by atomic mass is 35.5. The molecule has 1 unspecified atom stereocenters. The van der Waals surface area contributed by atoms with E-state index in [9.17, 15) is 4.39 Å². The number of hydrogen-bond acceptors (Lipinski definition) is 5. The predicted octanol–water partition coefficient (Wildman–Crippen LogP) is 7.79. The van der Waals surface area contributed by atoms with Crippen LogP contribution >= 0.6 is 23.4 Å². The van der Waals surface area contributed by atoms with E-state index in [4.69, 9.17) is 23.2 Å². The molecule has 0 saturated heterocycles. The summed E-state index contributed by atoms with van der Waals surface area (Å²) in [5, 5.41) is 1.73. The van der Waals surface area contributed by atoms with Gasteiger partial charge in [-0.25, -0.2) is 19.6 Å². The van der Waals surface area contributed by atoms with Gasteiger partial charge in [0.25, 0.3) is 0 Å².